The van der Waals surface area contributed by atoms with E-state index in [1.807, 2.05) is 52.0 Å². The fraction of sp³-hybridized carbons (Fsp3) is 0.400. The van der Waals surface area contributed by atoms with Gasteiger partial charge in [0.2, 0.25) is 5.88 Å². The molecule has 0 saturated heterocycles. The highest BCUT2D eigenvalue weighted by molar-refractivity contribution is 5.73. The molecule has 0 aliphatic rings. The maximum atomic E-state index is 11.9. The largest absolute Gasteiger partial charge is 0.492 e. The van der Waals surface area contributed by atoms with E-state index in [9.17, 15) is 4.79 Å². The van der Waals surface area contributed by atoms with E-state index in [-0.39, 0.29) is 12.1 Å². The van der Waals surface area contributed by atoms with Crippen molar-refractivity contribution >= 4 is 6.03 Å². The molecule has 0 bridgehead atoms. The molecule has 0 unspecified atom stereocenters. The molecule has 0 saturated carbocycles. The molecule has 26 heavy (non-hydrogen) atoms. The molecule has 140 valence electrons. The van der Waals surface area contributed by atoms with Gasteiger partial charge in [0.25, 0.3) is 0 Å². The molecule has 2 aromatic rings. The van der Waals surface area contributed by atoms with Crippen LogP contribution in [0.25, 0.3) is 0 Å². The zero-order chi connectivity index (χ0) is 18.9. The minimum atomic E-state index is -0.256. The summed E-state index contributed by atoms with van der Waals surface area (Å²) in [5.41, 5.74) is 3.14. The van der Waals surface area contributed by atoms with Crippen LogP contribution in [-0.2, 0) is 6.54 Å². The molecule has 0 spiro atoms. The van der Waals surface area contributed by atoms with Crippen molar-refractivity contribution in [3.05, 3.63) is 53.2 Å². The van der Waals surface area contributed by atoms with E-state index < -0.39 is 0 Å². The second-order valence-electron chi connectivity index (χ2n) is 6.42. The summed E-state index contributed by atoms with van der Waals surface area (Å²) in [6.07, 6.45) is 1.70. The summed E-state index contributed by atoms with van der Waals surface area (Å²) in [7, 11) is 0. The number of amides is 2. The van der Waals surface area contributed by atoms with Gasteiger partial charge in [0, 0.05) is 18.3 Å². The Kier molecular flexibility index (Phi) is 7.26. The second kappa shape index (κ2) is 9.65. The average Bonchev–Trinajstić information content (AvgIpc) is 2.56. The van der Waals surface area contributed by atoms with Gasteiger partial charge in [-0.3, -0.25) is 0 Å². The van der Waals surface area contributed by atoms with Crippen molar-refractivity contribution in [3.8, 4) is 11.6 Å². The van der Waals surface area contributed by atoms with E-state index in [1.54, 1.807) is 6.20 Å². The van der Waals surface area contributed by atoms with Crippen molar-refractivity contribution in [3.63, 3.8) is 0 Å². The lowest BCUT2D eigenvalue weighted by Gasteiger charge is -2.14. The Morgan fingerprint density at radius 2 is 1.88 bits per heavy atom. The van der Waals surface area contributed by atoms with E-state index in [0.29, 0.717) is 25.6 Å². The molecule has 6 nitrogen and oxygen atoms in total. The van der Waals surface area contributed by atoms with Crippen LogP contribution in [0.2, 0.25) is 0 Å². The summed E-state index contributed by atoms with van der Waals surface area (Å²) in [4.78, 5) is 16.1. The molecule has 2 N–H and O–H groups in total. The van der Waals surface area contributed by atoms with Crippen molar-refractivity contribution in [2.24, 2.45) is 0 Å². The van der Waals surface area contributed by atoms with Crippen LogP contribution in [0, 0.1) is 13.8 Å². The van der Waals surface area contributed by atoms with Gasteiger partial charge >= 0.3 is 6.03 Å². The quantitative estimate of drug-likeness (QED) is 0.711. The highest BCUT2D eigenvalue weighted by Crippen LogP contribution is 2.16. The van der Waals surface area contributed by atoms with Crippen molar-refractivity contribution in [1.29, 1.82) is 0 Å². The van der Waals surface area contributed by atoms with Crippen LogP contribution in [0.5, 0.6) is 11.6 Å². The second-order valence-corrected chi connectivity index (χ2v) is 6.42. The molecular formula is C20H27N3O3. The number of carbonyl (C=O) groups excluding carboxylic acids is 1. The van der Waals surface area contributed by atoms with Crippen molar-refractivity contribution in [2.45, 2.75) is 40.3 Å². The van der Waals surface area contributed by atoms with Crippen LogP contribution in [0.15, 0.2) is 36.5 Å². The SMILES string of the molecule is Cc1cc(C)cc(OCCNC(=O)NCc2cccnc2OC(C)C)c1. The summed E-state index contributed by atoms with van der Waals surface area (Å²) in [6, 6.07) is 9.49. The molecule has 0 aliphatic carbocycles. The summed E-state index contributed by atoms with van der Waals surface area (Å²) in [6.45, 7) is 9.11. The highest BCUT2D eigenvalue weighted by Gasteiger charge is 2.08. The monoisotopic (exact) mass is 357 g/mol. The molecule has 1 aromatic carbocycles. The van der Waals surface area contributed by atoms with E-state index in [0.717, 1.165) is 22.4 Å². The molecule has 2 rings (SSSR count). The zero-order valence-electron chi connectivity index (χ0n) is 15.8. The number of benzene rings is 1. The number of ether oxygens (including phenoxy) is 2. The standard InChI is InChI=1S/C20H27N3O3/c1-14(2)26-19-17(6-5-7-21-19)13-23-20(24)22-8-9-25-18-11-15(3)10-16(4)12-18/h5-7,10-12,14H,8-9,13H2,1-4H3,(H2,22,23,24). The van der Waals surface area contributed by atoms with Gasteiger partial charge in [-0.25, -0.2) is 9.78 Å². The van der Waals surface area contributed by atoms with Crippen LogP contribution in [0.1, 0.15) is 30.5 Å². The number of rotatable bonds is 8. The number of carbonyl (C=O) groups is 1. The Labute approximate surface area is 154 Å². The number of aryl methyl sites for hydroxylation is 2. The van der Waals surface area contributed by atoms with Crippen LogP contribution in [-0.4, -0.2) is 30.3 Å². The number of nitrogens with one attached hydrogen (secondary N) is 2. The van der Waals surface area contributed by atoms with Gasteiger partial charge < -0.3 is 20.1 Å². The Bertz CT molecular complexity index is 712. The normalized spacial score (nSPS) is 10.5. The lowest BCUT2D eigenvalue weighted by Crippen LogP contribution is -2.37. The number of hydrogen-bond donors (Lipinski definition) is 2. The minimum absolute atomic E-state index is 0.0277. The fourth-order valence-electron chi connectivity index (χ4n) is 2.48. The molecule has 6 heteroatoms. The Hall–Kier alpha value is -2.76. The van der Waals surface area contributed by atoms with Crippen LogP contribution in [0.3, 0.4) is 0 Å². The van der Waals surface area contributed by atoms with Gasteiger partial charge in [0.05, 0.1) is 12.6 Å². The van der Waals surface area contributed by atoms with Gasteiger partial charge in [-0.2, -0.15) is 0 Å². The van der Waals surface area contributed by atoms with Gasteiger partial charge in [-0.15, -0.1) is 0 Å². The first-order valence-electron chi connectivity index (χ1n) is 8.77. The third-order valence-electron chi connectivity index (χ3n) is 3.49. The first kappa shape index (κ1) is 19.6. The van der Waals surface area contributed by atoms with Crippen molar-refractivity contribution in [1.82, 2.24) is 15.6 Å². The zero-order valence-corrected chi connectivity index (χ0v) is 15.8. The fourth-order valence-corrected chi connectivity index (χ4v) is 2.48. The predicted octanol–water partition coefficient (Wildman–Crippen LogP) is 3.36. The third kappa shape index (κ3) is 6.63. The molecule has 0 aliphatic heterocycles. The number of nitrogens with zero attached hydrogens (tertiary/aromatic N) is 1. The van der Waals surface area contributed by atoms with E-state index in [2.05, 4.69) is 21.7 Å². The van der Waals surface area contributed by atoms with Gasteiger partial charge in [0.15, 0.2) is 0 Å². The summed E-state index contributed by atoms with van der Waals surface area (Å²) in [5, 5.41) is 5.58. The lowest BCUT2D eigenvalue weighted by molar-refractivity contribution is 0.227. The Balaban J connectivity index is 1.72. The first-order chi connectivity index (χ1) is 12.4. The summed E-state index contributed by atoms with van der Waals surface area (Å²) >= 11 is 0. The van der Waals surface area contributed by atoms with Gasteiger partial charge in [0.1, 0.15) is 12.4 Å². The molecule has 0 atom stereocenters. The molecule has 1 heterocycles. The van der Waals surface area contributed by atoms with Gasteiger partial charge in [-0.1, -0.05) is 12.1 Å². The van der Waals surface area contributed by atoms with Crippen LogP contribution < -0.4 is 20.1 Å². The summed E-state index contributed by atoms with van der Waals surface area (Å²) < 4.78 is 11.3. The molecule has 2 amide bonds. The molecule has 0 radical (unpaired) electrons. The van der Waals surface area contributed by atoms with E-state index in [4.69, 9.17) is 9.47 Å². The highest BCUT2D eigenvalue weighted by atomic mass is 16.5. The number of hydrogen-bond acceptors (Lipinski definition) is 4. The van der Waals surface area contributed by atoms with Crippen LogP contribution in [0.4, 0.5) is 4.79 Å². The molecular weight excluding hydrogens is 330 g/mol. The average molecular weight is 357 g/mol. The Morgan fingerprint density at radius 1 is 1.15 bits per heavy atom. The van der Waals surface area contributed by atoms with E-state index in [1.165, 1.54) is 0 Å². The smallest absolute Gasteiger partial charge is 0.315 e. The first-order valence-corrected chi connectivity index (χ1v) is 8.77. The summed E-state index contributed by atoms with van der Waals surface area (Å²) in [5.74, 6) is 1.36. The van der Waals surface area contributed by atoms with Crippen molar-refractivity contribution < 1.29 is 14.3 Å². The number of pyridine rings is 1. The van der Waals surface area contributed by atoms with Gasteiger partial charge in [-0.05, 0) is 57.0 Å². The van der Waals surface area contributed by atoms with Crippen LogP contribution >= 0.6 is 0 Å². The van der Waals surface area contributed by atoms with E-state index >= 15 is 0 Å². The lowest BCUT2D eigenvalue weighted by atomic mass is 10.1. The number of urea groups is 1. The number of aromatic nitrogens is 1. The topological polar surface area (TPSA) is 72.5 Å². The molecule has 0 fully saturated rings. The molecule has 1 aromatic heterocycles. The van der Waals surface area contributed by atoms with Crippen molar-refractivity contribution in [2.75, 3.05) is 13.2 Å². The maximum absolute atomic E-state index is 11.9. The Morgan fingerprint density at radius 3 is 2.58 bits per heavy atom. The minimum Gasteiger partial charge on any atom is -0.492 e. The maximum Gasteiger partial charge on any atom is 0.315 e. The third-order valence-corrected chi connectivity index (χ3v) is 3.49. The predicted molar refractivity (Wildman–Crippen MR) is 102 cm³/mol.